The first-order valence-electron chi connectivity index (χ1n) is 7.16. The highest BCUT2D eigenvalue weighted by Crippen LogP contribution is 2.28. The van der Waals surface area contributed by atoms with Crippen molar-refractivity contribution in [1.29, 1.82) is 0 Å². The lowest BCUT2D eigenvalue weighted by Crippen LogP contribution is -2.46. The van der Waals surface area contributed by atoms with Gasteiger partial charge in [0.15, 0.2) is 0 Å². The number of hydrogen-bond acceptors (Lipinski definition) is 3. The minimum Gasteiger partial charge on any atom is -0.494 e. The summed E-state index contributed by atoms with van der Waals surface area (Å²) in [6.07, 6.45) is 0. The van der Waals surface area contributed by atoms with Gasteiger partial charge in [-0.3, -0.25) is 4.79 Å². The van der Waals surface area contributed by atoms with E-state index in [1.807, 2.05) is 31.2 Å². The second-order valence-corrected chi connectivity index (χ2v) is 5.27. The molecule has 0 saturated heterocycles. The van der Waals surface area contributed by atoms with Crippen LogP contribution < -0.4 is 15.4 Å². The van der Waals surface area contributed by atoms with Crippen molar-refractivity contribution >= 4 is 11.9 Å². The highest BCUT2D eigenvalue weighted by Gasteiger charge is 2.31. The zero-order chi connectivity index (χ0) is 16.3. The first kappa shape index (κ1) is 15.9. The van der Waals surface area contributed by atoms with Crippen LogP contribution in [0.25, 0.3) is 0 Å². The van der Waals surface area contributed by atoms with Crippen molar-refractivity contribution in [3.63, 3.8) is 0 Å². The van der Waals surface area contributed by atoms with Gasteiger partial charge < -0.3 is 20.3 Å². The van der Waals surface area contributed by atoms with Gasteiger partial charge in [0.25, 0.3) is 5.91 Å². The van der Waals surface area contributed by atoms with Crippen LogP contribution in [0.3, 0.4) is 0 Å². The maximum Gasteiger partial charge on any atom is 0.319 e. The van der Waals surface area contributed by atoms with Gasteiger partial charge in [-0.25, -0.2) is 4.79 Å². The molecule has 6 heteroatoms. The lowest BCUT2D eigenvalue weighted by Gasteiger charge is -2.30. The summed E-state index contributed by atoms with van der Waals surface area (Å²) in [7, 11) is 3.38. The van der Waals surface area contributed by atoms with Gasteiger partial charge in [0.2, 0.25) is 0 Å². The largest absolute Gasteiger partial charge is 0.494 e. The fourth-order valence-corrected chi connectivity index (χ4v) is 2.39. The Morgan fingerprint density at radius 2 is 1.91 bits per heavy atom. The molecule has 0 radical (unpaired) electrons. The number of carbonyl (C=O) groups excluding carboxylic acids is 2. The van der Waals surface area contributed by atoms with E-state index in [0.717, 1.165) is 11.3 Å². The first-order chi connectivity index (χ1) is 10.4. The van der Waals surface area contributed by atoms with Crippen molar-refractivity contribution in [2.75, 3.05) is 20.7 Å². The van der Waals surface area contributed by atoms with Gasteiger partial charge in [0, 0.05) is 19.8 Å². The van der Waals surface area contributed by atoms with E-state index in [0.29, 0.717) is 17.9 Å². The van der Waals surface area contributed by atoms with Crippen molar-refractivity contribution in [2.24, 2.45) is 0 Å². The molecule has 0 bridgehead atoms. The van der Waals surface area contributed by atoms with Gasteiger partial charge in [-0.05, 0) is 31.5 Å². The zero-order valence-electron chi connectivity index (χ0n) is 13.3. The fraction of sp³-hybridized carbons (Fsp3) is 0.375. The first-order valence-corrected chi connectivity index (χ1v) is 7.16. The van der Waals surface area contributed by atoms with Crippen LogP contribution in [0.5, 0.6) is 5.75 Å². The van der Waals surface area contributed by atoms with E-state index in [1.165, 1.54) is 4.90 Å². The van der Waals surface area contributed by atoms with Crippen molar-refractivity contribution < 1.29 is 14.3 Å². The normalized spacial score (nSPS) is 17.6. The lowest BCUT2D eigenvalue weighted by molar-refractivity contribution is -0.125. The Bertz CT molecular complexity index is 606. The molecule has 2 N–H and O–H groups in total. The summed E-state index contributed by atoms with van der Waals surface area (Å²) in [5, 5.41) is 5.46. The number of rotatable bonds is 4. The highest BCUT2D eigenvalue weighted by atomic mass is 16.5. The van der Waals surface area contributed by atoms with Gasteiger partial charge in [-0.15, -0.1) is 0 Å². The van der Waals surface area contributed by atoms with Crippen LogP contribution in [0.4, 0.5) is 4.79 Å². The fourth-order valence-electron chi connectivity index (χ4n) is 2.39. The lowest BCUT2D eigenvalue weighted by atomic mass is 9.94. The van der Waals surface area contributed by atoms with E-state index in [9.17, 15) is 9.59 Å². The quantitative estimate of drug-likeness (QED) is 0.891. The highest BCUT2D eigenvalue weighted by molar-refractivity contribution is 5.98. The van der Waals surface area contributed by atoms with E-state index in [-0.39, 0.29) is 11.9 Å². The molecule has 1 heterocycles. The zero-order valence-corrected chi connectivity index (χ0v) is 13.3. The van der Waals surface area contributed by atoms with Gasteiger partial charge in [0.05, 0.1) is 18.2 Å². The van der Waals surface area contributed by atoms with Crippen LogP contribution in [0.15, 0.2) is 35.5 Å². The third-order valence-corrected chi connectivity index (χ3v) is 3.43. The van der Waals surface area contributed by atoms with Crippen LogP contribution in [0, 0.1) is 0 Å². The molecule has 1 aliphatic heterocycles. The summed E-state index contributed by atoms with van der Waals surface area (Å²) >= 11 is 0. The smallest absolute Gasteiger partial charge is 0.319 e. The number of benzene rings is 1. The average Bonchev–Trinajstić information content (AvgIpc) is 2.47. The standard InChI is InChI=1S/C16H21N3O3/c1-5-22-12-8-6-11(7-9-12)14-13(15(20)19(3)4)10(2)17-16(21)18-14/h6-9,14H,5H2,1-4H3,(H2,17,18,21). The molecule has 1 atom stereocenters. The Balaban J connectivity index is 2.39. The number of urea groups is 1. The molecule has 2 rings (SSSR count). The van der Waals surface area contributed by atoms with Gasteiger partial charge in [-0.2, -0.15) is 0 Å². The number of allylic oxidation sites excluding steroid dienone is 1. The number of nitrogens with one attached hydrogen (secondary N) is 2. The SMILES string of the molecule is CCOc1ccc(C2NC(=O)NC(C)=C2C(=O)N(C)C)cc1. The number of likely N-dealkylation sites (N-methyl/N-ethyl adjacent to an activating group) is 1. The Labute approximate surface area is 130 Å². The molecule has 0 aromatic heterocycles. The van der Waals surface area contributed by atoms with Crippen LogP contribution in [0.2, 0.25) is 0 Å². The molecule has 6 nitrogen and oxygen atoms in total. The number of ether oxygens (including phenoxy) is 1. The van der Waals surface area contributed by atoms with Crippen LogP contribution in [0.1, 0.15) is 25.5 Å². The van der Waals surface area contributed by atoms with E-state index in [2.05, 4.69) is 10.6 Å². The predicted molar refractivity (Wildman–Crippen MR) is 83.4 cm³/mol. The molecule has 0 spiro atoms. The van der Waals surface area contributed by atoms with Crippen molar-refractivity contribution in [3.05, 3.63) is 41.1 Å². The third kappa shape index (κ3) is 3.21. The molecule has 0 fully saturated rings. The second kappa shape index (κ2) is 6.51. The number of nitrogens with zero attached hydrogens (tertiary/aromatic N) is 1. The second-order valence-electron chi connectivity index (χ2n) is 5.27. The van der Waals surface area contributed by atoms with Gasteiger partial charge in [0.1, 0.15) is 5.75 Å². The molecular weight excluding hydrogens is 282 g/mol. The number of carbonyl (C=O) groups is 2. The van der Waals surface area contributed by atoms with E-state index in [1.54, 1.807) is 21.0 Å². The number of amides is 3. The molecule has 0 aliphatic carbocycles. The summed E-state index contributed by atoms with van der Waals surface area (Å²) < 4.78 is 5.42. The molecule has 1 aromatic rings. The topological polar surface area (TPSA) is 70.7 Å². The Hall–Kier alpha value is -2.50. The van der Waals surface area contributed by atoms with Crippen LogP contribution >= 0.6 is 0 Å². The van der Waals surface area contributed by atoms with Crippen LogP contribution in [-0.2, 0) is 4.79 Å². The number of hydrogen-bond donors (Lipinski definition) is 2. The summed E-state index contributed by atoms with van der Waals surface area (Å²) in [6, 6.07) is 6.60. The van der Waals surface area contributed by atoms with Gasteiger partial charge in [-0.1, -0.05) is 12.1 Å². The minimum absolute atomic E-state index is 0.135. The van der Waals surface area contributed by atoms with Crippen molar-refractivity contribution in [1.82, 2.24) is 15.5 Å². The molecular formula is C16H21N3O3. The van der Waals surface area contributed by atoms with Gasteiger partial charge >= 0.3 is 6.03 Å². The maximum atomic E-state index is 12.4. The minimum atomic E-state index is -0.473. The Morgan fingerprint density at radius 1 is 1.27 bits per heavy atom. The molecule has 118 valence electrons. The maximum absolute atomic E-state index is 12.4. The Morgan fingerprint density at radius 3 is 2.45 bits per heavy atom. The van der Waals surface area contributed by atoms with E-state index in [4.69, 9.17) is 4.74 Å². The summed E-state index contributed by atoms with van der Waals surface area (Å²) in [5.41, 5.74) is 1.94. The Kier molecular flexibility index (Phi) is 4.70. The molecule has 0 saturated carbocycles. The third-order valence-electron chi connectivity index (χ3n) is 3.43. The monoisotopic (exact) mass is 303 g/mol. The molecule has 22 heavy (non-hydrogen) atoms. The van der Waals surface area contributed by atoms with E-state index >= 15 is 0 Å². The molecule has 3 amide bonds. The van der Waals surface area contributed by atoms with Crippen LogP contribution in [-0.4, -0.2) is 37.5 Å². The van der Waals surface area contributed by atoms with Crippen molar-refractivity contribution in [3.8, 4) is 5.75 Å². The van der Waals surface area contributed by atoms with Crippen molar-refractivity contribution in [2.45, 2.75) is 19.9 Å². The summed E-state index contributed by atoms with van der Waals surface area (Å²) in [6.45, 7) is 4.24. The summed E-state index contributed by atoms with van der Waals surface area (Å²) in [4.78, 5) is 25.7. The molecule has 1 aromatic carbocycles. The average molecular weight is 303 g/mol. The predicted octanol–water partition coefficient (Wildman–Crippen LogP) is 1.80. The summed E-state index contributed by atoms with van der Waals surface area (Å²) in [5.74, 6) is 0.622. The van der Waals surface area contributed by atoms with E-state index < -0.39 is 6.04 Å². The molecule has 1 aliphatic rings. The molecule has 1 unspecified atom stereocenters.